The highest BCUT2D eigenvalue weighted by Crippen LogP contribution is 2.20. The maximum atomic E-state index is 11.8. The topological polar surface area (TPSA) is 58.4 Å². The Kier molecular flexibility index (Phi) is 3.64. The number of nitrogens with two attached hydrogens (primary N) is 1. The molecule has 0 radical (unpaired) electrons. The molecule has 4 nitrogen and oxygen atoms in total. The second-order valence-corrected chi connectivity index (χ2v) is 4.28. The lowest BCUT2D eigenvalue weighted by Gasteiger charge is -2.36. The van der Waals surface area contributed by atoms with Gasteiger partial charge in [-0.05, 0) is 24.1 Å². The first-order chi connectivity index (χ1) is 8.26. The van der Waals surface area contributed by atoms with Gasteiger partial charge >= 0.3 is 0 Å². The third-order valence-corrected chi connectivity index (χ3v) is 3.22. The number of nitrogens with one attached hydrogen (secondary N) is 1. The summed E-state index contributed by atoms with van der Waals surface area (Å²) in [6.45, 7) is 4.18. The van der Waals surface area contributed by atoms with Crippen molar-refractivity contribution in [1.29, 1.82) is 0 Å². The van der Waals surface area contributed by atoms with E-state index in [0.29, 0.717) is 13.1 Å². The molecular weight excluding hydrogens is 214 g/mol. The number of benzene rings is 1. The summed E-state index contributed by atoms with van der Waals surface area (Å²) in [6.07, 6.45) is 0.824. The molecule has 1 aromatic carbocycles. The Bertz CT molecular complexity index is 388. The summed E-state index contributed by atoms with van der Waals surface area (Å²) >= 11 is 0. The van der Waals surface area contributed by atoms with Crippen LogP contribution in [0.3, 0.4) is 0 Å². The fourth-order valence-electron chi connectivity index (χ4n) is 2.25. The predicted octanol–water partition coefficient (Wildman–Crippen LogP) is 0.860. The second-order valence-electron chi connectivity index (χ2n) is 4.28. The van der Waals surface area contributed by atoms with Crippen molar-refractivity contribution in [2.75, 3.05) is 18.0 Å². The highest BCUT2D eigenvalue weighted by molar-refractivity contribution is 5.86. The second kappa shape index (κ2) is 5.19. The molecule has 17 heavy (non-hydrogen) atoms. The number of rotatable bonds is 3. The molecule has 0 aliphatic carbocycles. The van der Waals surface area contributed by atoms with Gasteiger partial charge in [0, 0.05) is 25.3 Å². The van der Waals surface area contributed by atoms with Crippen molar-refractivity contribution < 1.29 is 4.79 Å². The van der Waals surface area contributed by atoms with Crippen molar-refractivity contribution in [1.82, 2.24) is 5.32 Å². The number of hydrogen-bond donors (Lipinski definition) is 2. The van der Waals surface area contributed by atoms with Gasteiger partial charge in [0.05, 0.1) is 0 Å². The van der Waals surface area contributed by atoms with Crippen LogP contribution in [0.15, 0.2) is 24.3 Å². The van der Waals surface area contributed by atoms with E-state index in [2.05, 4.69) is 10.2 Å². The van der Waals surface area contributed by atoms with Gasteiger partial charge in [0.2, 0.25) is 5.91 Å². The van der Waals surface area contributed by atoms with Gasteiger partial charge in [0.1, 0.15) is 6.04 Å². The fourth-order valence-corrected chi connectivity index (χ4v) is 2.25. The molecule has 2 rings (SSSR count). The van der Waals surface area contributed by atoms with Gasteiger partial charge < -0.3 is 16.0 Å². The third kappa shape index (κ3) is 2.42. The smallest absolute Gasteiger partial charge is 0.242 e. The Morgan fingerprint density at radius 3 is 2.71 bits per heavy atom. The maximum Gasteiger partial charge on any atom is 0.242 e. The fraction of sp³-hybridized carbons (Fsp3) is 0.462. The van der Waals surface area contributed by atoms with Crippen molar-refractivity contribution in [2.45, 2.75) is 25.9 Å². The minimum Gasteiger partial charge on any atom is -0.358 e. The van der Waals surface area contributed by atoms with E-state index in [1.54, 1.807) is 0 Å². The zero-order valence-electron chi connectivity index (χ0n) is 10.1. The molecule has 1 aromatic rings. The summed E-state index contributed by atoms with van der Waals surface area (Å²) in [5.74, 6) is 0.127. The molecule has 1 heterocycles. The summed E-state index contributed by atoms with van der Waals surface area (Å²) in [5.41, 5.74) is 7.79. The third-order valence-electron chi connectivity index (χ3n) is 3.22. The number of anilines is 1. The summed E-state index contributed by atoms with van der Waals surface area (Å²) in [6, 6.07) is 8.09. The zero-order valence-corrected chi connectivity index (χ0v) is 10.1. The average Bonchev–Trinajstić information content (AvgIpc) is 2.38. The molecule has 92 valence electrons. The molecule has 1 unspecified atom stereocenters. The van der Waals surface area contributed by atoms with E-state index in [0.717, 1.165) is 24.2 Å². The largest absolute Gasteiger partial charge is 0.358 e. The van der Waals surface area contributed by atoms with Crippen LogP contribution < -0.4 is 16.0 Å². The molecule has 1 atom stereocenters. The van der Waals surface area contributed by atoms with E-state index in [9.17, 15) is 4.79 Å². The molecule has 0 aromatic heterocycles. The Hall–Kier alpha value is -1.55. The number of nitrogens with zero attached hydrogens (tertiary/aromatic N) is 1. The number of carbonyl (C=O) groups is 1. The summed E-state index contributed by atoms with van der Waals surface area (Å²) in [7, 11) is 0. The van der Waals surface area contributed by atoms with Crippen molar-refractivity contribution in [3.8, 4) is 0 Å². The van der Waals surface area contributed by atoms with Crippen molar-refractivity contribution in [2.24, 2.45) is 5.73 Å². The number of carbonyl (C=O) groups excluding carboxylic acids is 1. The van der Waals surface area contributed by atoms with Crippen LogP contribution in [0, 0.1) is 0 Å². The highest BCUT2D eigenvalue weighted by atomic mass is 16.2. The lowest BCUT2D eigenvalue weighted by atomic mass is 10.1. The molecule has 1 aliphatic rings. The number of hydrogen-bond acceptors (Lipinski definition) is 3. The maximum absolute atomic E-state index is 11.8. The SMILES string of the molecule is CCC1C(=O)NCCN1c1ccc(CN)cc1. The summed E-state index contributed by atoms with van der Waals surface area (Å²) < 4.78 is 0. The average molecular weight is 233 g/mol. The first kappa shape index (κ1) is 11.9. The van der Waals surface area contributed by atoms with E-state index < -0.39 is 0 Å². The molecule has 1 aliphatic heterocycles. The molecule has 1 fully saturated rings. The quantitative estimate of drug-likeness (QED) is 0.814. The molecule has 1 amide bonds. The van der Waals surface area contributed by atoms with Gasteiger partial charge in [-0.1, -0.05) is 19.1 Å². The molecule has 3 N–H and O–H groups in total. The number of piperazine rings is 1. The Morgan fingerprint density at radius 2 is 2.12 bits per heavy atom. The van der Waals surface area contributed by atoms with E-state index in [1.165, 1.54) is 0 Å². The lowest BCUT2D eigenvalue weighted by molar-refractivity contribution is -0.123. The molecule has 0 bridgehead atoms. The van der Waals surface area contributed by atoms with Gasteiger partial charge in [-0.15, -0.1) is 0 Å². The van der Waals surface area contributed by atoms with Crippen molar-refractivity contribution in [3.63, 3.8) is 0 Å². The normalized spacial score (nSPS) is 20.2. The van der Waals surface area contributed by atoms with Gasteiger partial charge in [-0.25, -0.2) is 0 Å². The van der Waals surface area contributed by atoms with Crippen LogP contribution >= 0.6 is 0 Å². The zero-order chi connectivity index (χ0) is 12.3. The highest BCUT2D eigenvalue weighted by Gasteiger charge is 2.27. The van der Waals surface area contributed by atoms with Gasteiger partial charge in [-0.2, -0.15) is 0 Å². The van der Waals surface area contributed by atoms with Crippen LogP contribution in [0.25, 0.3) is 0 Å². The van der Waals surface area contributed by atoms with E-state index >= 15 is 0 Å². The van der Waals surface area contributed by atoms with Gasteiger partial charge in [0.15, 0.2) is 0 Å². The monoisotopic (exact) mass is 233 g/mol. The number of amides is 1. The first-order valence-electron chi connectivity index (χ1n) is 6.09. The Balaban J connectivity index is 2.21. The van der Waals surface area contributed by atoms with E-state index in [1.807, 2.05) is 31.2 Å². The molecule has 0 spiro atoms. The van der Waals surface area contributed by atoms with E-state index in [-0.39, 0.29) is 11.9 Å². The molecule has 1 saturated heterocycles. The Morgan fingerprint density at radius 1 is 1.41 bits per heavy atom. The van der Waals surface area contributed by atoms with Crippen molar-refractivity contribution in [3.05, 3.63) is 29.8 Å². The molecular formula is C13H19N3O. The molecule has 4 heteroatoms. The lowest BCUT2D eigenvalue weighted by Crippen LogP contribution is -2.55. The van der Waals surface area contributed by atoms with Gasteiger partial charge in [-0.3, -0.25) is 4.79 Å². The minimum atomic E-state index is -0.0486. The van der Waals surface area contributed by atoms with Crippen LogP contribution in [-0.2, 0) is 11.3 Å². The van der Waals surface area contributed by atoms with Gasteiger partial charge in [0.25, 0.3) is 0 Å². The first-order valence-corrected chi connectivity index (χ1v) is 6.09. The summed E-state index contributed by atoms with van der Waals surface area (Å²) in [4.78, 5) is 13.9. The standard InChI is InChI=1S/C13H19N3O/c1-2-12-13(17)15-7-8-16(12)11-5-3-10(9-14)4-6-11/h3-6,12H,2,7-9,14H2,1H3,(H,15,17). The summed E-state index contributed by atoms with van der Waals surface area (Å²) in [5, 5.41) is 2.90. The van der Waals surface area contributed by atoms with Crippen LogP contribution in [0.5, 0.6) is 0 Å². The van der Waals surface area contributed by atoms with Crippen LogP contribution in [-0.4, -0.2) is 25.0 Å². The minimum absolute atomic E-state index is 0.0486. The van der Waals surface area contributed by atoms with Crippen LogP contribution in [0.4, 0.5) is 5.69 Å². The van der Waals surface area contributed by atoms with E-state index in [4.69, 9.17) is 5.73 Å². The molecule has 0 saturated carbocycles. The van der Waals surface area contributed by atoms with Crippen molar-refractivity contribution >= 4 is 11.6 Å². The van der Waals surface area contributed by atoms with Crippen LogP contribution in [0.2, 0.25) is 0 Å². The Labute approximate surface area is 102 Å². The predicted molar refractivity (Wildman–Crippen MR) is 68.8 cm³/mol. The van der Waals surface area contributed by atoms with Crippen LogP contribution in [0.1, 0.15) is 18.9 Å².